The van der Waals surface area contributed by atoms with Crippen molar-refractivity contribution in [2.45, 2.75) is 49.7 Å². The molecule has 2 aromatic carbocycles. The Bertz CT molecular complexity index is 1150. The molecule has 3 rings (SSSR count). The summed E-state index contributed by atoms with van der Waals surface area (Å²) in [5.41, 5.74) is 4.30. The van der Waals surface area contributed by atoms with Gasteiger partial charge in [0.1, 0.15) is 11.7 Å². The van der Waals surface area contributed by atoms with Crippen LogP contribution in [0.3, 0.4) is 0 Å². The number of benzene rings is 2. The summed E-state index contributed by atoms with van der Waals surface area (Å²) in [4.78, 5) is 36.7. The first-order chi connectivity index (χ1) is 15.5. The highest BCUT2D eigenvalue weighted by Gasteiger charge is 2.37. The predicted molar refractivity (Wildman–Crippen MR) is 124 cm³/mol. The van der Waals surface area contributed by atoms with Crippen LogP contribution in [-0.4, -0.2) is 44.8 Å². The van der Waals surface area contributed by atoms with Crippen LogP contribution in [0.1, 0.15) is 33.1 Å². The van der Waals surface area contributed by atoms with Gasteiger partial charge in [-0.05, 0) is 41.7 Å². The fourth-order valence-electron chi connectivity index (χ4n) is 3.96. The van der Waals surface area contributed by atoms with Crippen molar-refractivity contribution in [1.82, 2.24) is 15.4 Å². The van der Waals surface area contributed by atoms with Gasteiger partial charge in [-0.25, -0.2) is 8.42 Å². The van der Waals surface area contributed by atoms with Gasteiger partial charge in [0.2, 0.25) is 21.8 Å². The summed E-state index contributed by atoms with van der Waals surface area (Å²) >= 11 is 0. The van der Waals surface area contributed by atoms with Crippen molar-refractivity contribution in [3.8, 4) is 0 Å². The highest BCUT2D eigenvalue weighted by molar-refractivity contribution is 7.89. The number of fused-ring (bicyclic) bond motifs is 1. The van der Waals surface area contributed by atoms with Crippen molar-refractivity contribution in [2.24, 2.45) is 17.6 Å². The van der Waals surface area contributed by atoms with Crippen LogP contribution in [0.4, 0.5) is 0 Å². The molecule has 178 valence electrons. The van der Waals surface area contributed by atoms with Crippen LogP contribution in [0.25, 0.3) is 10.8 Å². The highest BCUT2D eigenvalue weighted by atomic mass is 32.2. The molecule has 1 heterocycles. The second-order valence-corrected chi connectivity index (χ2v) is 10.7. The summed E-state index contributed by atoms with van der Waals surface area (Å²) in [5.74, 6) is -1.47. The highest BCUT2D eigenvalue weighted by Crippen LogP contribution is 2.21. The summed E-state index contributed by atoms with van der Waals surface area (Å²) in [6.07, 6.45) is 1.02. The predicted octanol–water partition coefficient (Wildman–Crippen LogP) is 1.03. The van der Waals surface area contributed by atoms with Gasteiger partial charge in [-0.1, -0.05) is 44.2 Å². The lowest BCUT2D eigenvalue weighted by Gasteiger charge is -2.29. The van der Waals surface area contributed by atoms with Crippen LogP contribution in [0.2, 0.25) is 0 Å². The van der Waals surface area contributed by atoms with Gasteiger partial charge in [-0.2, -0.15) is 4.72 Å². The molecule has 0 radical (unpaired) electrons. The fraction of sp³-hybridized carbons (Fsp3) is 0.435. The van der Waals surface area contributed by atoms with Gasteiger partial charge in [0.05, 0.1) is 4.90 Å². The SMILES string of the molecule is CC(C)C[C@H](NS(=O)(=O)c1ccc2ccccc2c1)C(=O)N[C@@](N)(C=O)C[C@@H]1CCNC1=O. The van der Waals surface area contributed by atoms with Gasteiger partial charge >= 0.3 is 0 Å². The van der Waals surface area contributed by atoms with Crippen molar-refractivity contribution in [1.29, 1.82) is 0 Å². The van der Waals surface area contributed by atoms with Crippen LogP contribution in [0, 0.1) is 11.8 Å². The Balaban J connectivity index is 1.80. The first-order valence-corrected chi connectivity index (χ1v) is 12.4. The van der Waals surface area contributed by atoms with E-state index in [0.29, 0.717) is 19.3 Å². The Labute approximate surface area is 193 Å². The van der Waals surface area contributed by atoms with Crippen LogP contribution in [-0.2, 0) is 24.4 Å². The lowest BCUT2D eigenvalue weighted by atomic mass is 9.94. The average molecular weight is 475 g/mol. The normalized spacial score (nSPS) is 19.2. The Morgan fingerprint density at radius 3 is 2.55 bits per heavy atom. The molecule has 1 aliphatic heterocycles. The molecule has 3 atom stereocenters. The van der Waals surface area contributed by atoms with E-state index in [0.717, 1.165) is 10.8 Å². The number of rotatable bonds is 10. The Morgan fingerprint density at radius 1 is 1.24 bits per heavy atom. The van der Waals surface area contributed by atoms with E-state index in [1.165, 1.54) is 6.07 Å². The Morgan fingerprint density at radius 2 is 1.94 bits per heavy atom. The number of nitrogens with two attached hydrogens (primary N) is 1. The summed E-state index contributed by atoms with van der Waals surface area (Å²) in [7, 11) is -4.04. The maximum atomic E-state index is 13.1. The first-order valence-electron chi connectivity index (χ1n) is 10.9. The van der Waals surface area contributed by atoms with Crippen LogP contribution >= 0.6 is 0 Å². The van der Waals surface area contributed by atoms with E-state index in [4.69, 9.17) is 5.73 Å². The van der Waals surface area contributed by atoms with Gasteiger partial charge in [-0.3, -0.25) is 14.4 Å². The van der Waals surface area contributed by atoms with E-state index < -0.39 is 33.6 Å². The summed E-state index contributed by atoms with van der Waals surface area (Å²) < 4.78 is 28.6. The Kier molecular flexibility index (Phi) is 7.51. The molecule has 0 spiro atoms. The molecular formula is C23H30N4O5S. The second-order valence-electron chi connectivity index (χ2n) is 8.94. The molecule has 5 N–H and O–H groups in total. The van der Waals surface area contributed by atoms with E-state index in [1.807, 2.05) is 32.0 Å². The number of sulfonamides is 1. The molecule has 9 nitrogen and oxygen atoms in total. The number of hydrogen-bond donors (Lipinski definition) is 4. The molecule has 0 bridgehead atoms. The van der Waals surface area contributed by atoms with E-state index in [-0.39, 0.29) is 29.6 Å². The summed E-state index contributed by atoms with van der Waals surface area (Å²) in [5, 5.41) is 6.77. The zero-order chi connectivity index (χ0) is 24.2. The second kappa shape index (κ2) is 9.98. The first kappa shape index (κ1) is 24.8. The third kappa shape index (κ3) is 6.16. The molecular weight excluding hydrogens is 444 g/mol. The summed E-state index contributed by atoms with van der Waals surface area (Å²) in [6, 6.07) is 10.9. The number of carbonyl (C=O) groups is 3. The van der Waals surface area contributed by atoms with Crippen molar-refractivity contribution in [3.63, 3.8) is 0 Å². The number of hydrogen-bond acceptors (Lipinski definition) is 6. The third-order valence-electron chi connectivity index (χ3n) is 5.67. The molecule has 10 heteroatoms. The topological polar surface area (TPSA) is 147 Å². The van der Waals surface area contributed by atoms with Gasteiger partial charge in [-0.15, -0.1) is 0 Å². The van der Waals surface area contributed by atoms with Crippen molar-refractivity contribution >= 4 is 38.9 Å². The molecule has 2 aromatic rings. The maximum absolute atomic E-state index is 13.1. The average Bonchev–Trinajstić information content (AvgIpc) is 3.16. The molecule has 1 saturated heterocycles. The van der Waals surface area contributed by atoms with Gasteiger partial charge < -0.3 is 16.4 Å². The third-order valence-corrected chi connectivity index (χ3v) is 7.13. The van der Waals surface area contributed by atoms with E-state index >= 15 is 0 Å². The Hall–Kier alpha value is -2.82. The molecule has 0 aliphatic carbocycles. The van der Waals surface area contributed by atoms with Gasteiger partial charge in [0.25, 0.3) is 0 Å². The molecule has 0 unspecified atom stereocenters. The smallest absolute Gasteiger partial charge is 0.241 e. The van der Waals surface area contributed by atoms with Crippen molar-refractivity contribution in [3.05, 3.63) is 42.5 Å². The summed E-state index contributed by atoms with van der Waals surface area (Å²) in [6.45, 7) is 4.18. The largest absolute Gasteiger partial charge is 0.356 e. The molecule has 1 fully saturated rings. The van der Waals surface area contributed by atoms with Crippen LogP contribution in [0.15, 0.2) is 47.4 Å². The number of nitrogens with one attached hydrogen (secondary N) is 3. The van der Waals surface area contributed by atoms with Crippen molar-refractivity contribution in [2.75, 3.05) is 6.54 Å². The maximum Gasteiger partial charge on any atom is 0.241 e. The molecule has 1 aliphatic rings. The number of amides is 2. The quantitative estimate of drug-likeness (QED) is 0.299. The lowest BCUT2D eigenvalue weighted by molar-refractivity contribution is -0.130. The fourth-order valence-corrected chi connectivity index (χ4v) is 5.21. The van der Waals surface area contributed by atoms with E-state index in [9.17, 15) is 22.8 Å². The van der Waals surface area contributed by atoms with Crippen molar-refractivity contribution < 1.29 is 22.8 Å². The lowest BCUT2D eigenvalue weighted by Crippen LogP contribution is -2.62. The molecule has 33 heavy (non-hydrogen) atoms. The molecule has 0 saturated carbocycles. The van der Waals surface area contributed by atoms with E-state index in [2.05, 4.69) is 15.4 Å². The van der Waals surface area contributed by atoms with Crippen LogP contribution in [0.5, 0.6) is 0 Å². The minimum Gasteiger partial charge on any atom is -0.356 e. The zero-order valence-corrected chi connectivity index (χ0v) is 19.5. The number of aldehydes is 1. The minimum absolute atomic E-state index is 0.0240. The number of carbonyl (C=O) groups excluding carboxylic acids is 3. The van der Waals surface area contributed by atoms with Crippen LogP contribution < -0.4 is 21.1 Å². The van der Waals surface area contributed by atoms with Gasteiger partial charge in [0, 0.05) is 18.9 Å². The minimum atomic E-state index is -4.04. The zero-order valence-electron chi connectivity index (χ0n) is 18.7. The molecule has 2 amide bonds. The standard InChI is InChI=1S/C23H30N4O5S/c1-15(2)11-20(22(30)26-23(24,14-28)13-18-9-10-25-21(18)29)27-33(31,32)19-8-7-16-5-3-4-6-17(16)12-19/h3-8,12,14-15,18,20,27H,9-11,13,24H2,1-2H3,(H,25,29)(H,26,30)/t18-,20-,23+/m0/s1. The monoisotopic (exact) mass is 474 g/mol. The van der Waals surface area contributed by atoms with Gasteiger partial charge in [0.15, 0.2) is 6.29 Å². The molecule has 0 aromatic heterocycles. The van der Waals surface area contributed by atoms with E-state index in [1.54, 1.807) is 18.2 Å².